The number of carbonyl (C=O) groups is 1. The van der Waals surface area contributed by atoms with Gasteiger partial charge in [-0.05, 0) is 58.5 Å². The smallest absolute Gasteiger partial charge is 0.307 e. The molecule has 0 saturated heterocycles. The molecular formula is C16H9BrClIN2O2. The van der Waals surface area contributed by atoms with Crippen molar-refractivity contribution in [3.05, 3.63) is 66.9 Å². The maximum atomic E-state index is 12.1. The van der Waals surface area contributed by atoms with Crippen LogP contribution < -0.4 is 5.43 Å². The molecule has 1 amide bonds. The lowest BCUT2D eigenvalue weighted by molar-refractivity contribution is 0.0929. The first-order valence-electron chi connectivity index (χ1n) is 6.50. The van der Waals surface area contributed by atoms with Crippen LogP contribution in [0.5, 0.6) is 0 Å². The predicted molar refractivity (Wildman–Crippen MR) is 103 cm³/mol. The largest absolute Gasteiger partial charge is 0.450 e. The van der Waals surface area contributed by atoms with E-state index in [1.807, 2.05) is 12.1 Å². The van der Waals surface area contributed by atoms with Crippen molar-refractivity contribution >= 4 is 73.2 Å². The van der Waals surface area contributed by atoms with Crippen molar-refractivity contribution in [1.82, 2.24) is 5.43 Å². The van der Waals surface area contributed by atoms with Gasteiger partial charge < -0.3 is 4.42 Å². The molecule has 0 aliphatic rings. The third kappa shape index (κ3) is 3.94. The van der Waals surface area contributed by atoms with Crippen LogP contribution in [-0.4, -0.2) is 12.1 Å². The maximum absolute atomic E-state index is 12.1. The van der Waals surface area contributed by atoms with Gasteiger partial charge in [0.2, 0.25) is 0 Å². The molecule has 2 aromatic carbocycles. The van der Waals surface area contributed by atoms with Crippen molar-refractivity contribution in [1.29, 1.82) is 0 Å². The van der Waals surface area contributed by atoms with Gasteiger partial charge in [-0.3, -0.25) is 4.79 Å². The summed E-state index contributed by atoms with van der Waals surface area (Å²) < 4.78 is 7.46. The summed E-state index contributed by atoms with van der Waals surface area (Å²) in [5, 5.41) is 5.42. The third-order valence-corrected chi connectivity index (χ3v) is 4.52. The van der Waals surface area contributed by atoms with E-state index in [4.69, 9.17) is 16.0 Å². The number of nitrogens with one attached hydrogen (secondary N) is 1. The van der Waals surface area contributed by atoms with Gasteiger partial charge in [-0.1, -0.05) is 39.7 Å². The van der Waals surface area contributed by atoms with Gasteiger partial charge in [-0.2, -0.15) is 5.10 Å². The van der Waals surface area contributed by atoms with E-state index in [-0.39, 0.29) is 5.76 Å². The van der Waals surface area contributed by atoms with Crippen LogP contribution in [0.1, 0.15) is 16.1 Å². The fourth-order valence-electron chi connectivity index (χ4n) is 1.96. The Morgan fingerprint density at radius 1 is 1.26 bits per heavy atom. The minimum atomic E-state index is -0.404. The number of hydrogen-bond donors (Lipinski definition) is 1. The fraction of sp³-hybridized carbons (Fsp3) is 0. The highest BCUT2D eigenvalue weighted by atomic mass is 127. The highest BCUT2D eigenvalue weighted by Crippen LogP contribution is 2.28. The highest BCUT2D eigenvalue weighted by molar-refractivity contribution is 14.1. The van der Waals surface area contributed by atoms with Crippen molar-refractivity contribution in [2.75, 3.05) is 0 Å². The summed E-state index contributed by atoms with van der Waals surface area (Å²) in [7, 11) is 0. The van der Waals surface area contributed by atoms with Gasteiger partial charge in [0, 0.05) is 14.9 Å². The van der Waals surface area contributed by atoms with Crippen LogP contribution >= 0.6 is 50.1 Å². The Morgan fingerprint density at radius 3 is 2.74 bits per heavy atom. The van der Waals surface area contributed by atoms with E-state index in [1.165, 1.54) is 6.21 Å². The maximum Gasteiger partial charge on any atom is 0.307 e. The summed E-state index contributed by atoms with van der Waals surface area (Å²) in [5.74, 6) is -0.192. The number of hydrogen-bond acceptors (Lipinski definition) is 3. The number of hydrazone groups is 1. The summed E-state index contributed by atoms with van der Waals surface area (Å²) in [6, 6.07) is 12.6. The molecule has 3 rings (SSSR count). The van der Waals surface area contributed by atoms with E-state index in [1.54, 1.807) is 30.3 Å². The third-order valence-electron chi connectivity index (χ3n) is 3.01. The van der Waals surface area contributed by atoms with Crippen molar-refractivity contribution in [3.63, 3.8) is 0 Å². The molecule has 3 aromatic rings. The first kappa shape index (κ1) is 16.5. The van der Waals surface area contributed by atoms with Crippen LogP contribution in [0.4, 0.5) is 0 Å². The summed E-state index contributed by atoms with van der Waals surface area (Å²) >= 11 is 11.4. The number of halogens is 3. The molecule has 1 N–H and O–H groups in total. The SMILES string of the molecule is O=C(N/N=C/c1ccc(Cl)cc1)c1cc2cc(Br)cc(I)c2o1. The average molecular weight is 504 g/mol. The van der Waals surface area contributed by atoms with E-state index in [0.29, 0.717) is 10.6 Å². The van der Waals surface area contributed by atoms with Gasteiger partial charge in [0.15, 0.2) is 5.76 Å². The lowest BCUT2D eigenvalue weighted by Gasteiger charge is -1.96. The van der Waals surface area contributed by atoms with Crippen LogP contribution in [0.3, 0.4) is 0 Å². The van der Waals surface area contributed by atoms with Crippen molar-refractivity contribution in [3.8, 4) is 0 Å². The minimum Gasteiger partial charge on any atom is -0.450 e. The second kappa shape index (κ2) is 7.02. The van der Waals surface area contributed by atoms with E-state index >= 15 is 0 Å². The quantitative estimate of drug-likeness (QED) is 0.303. The number of furan rings is 1. The van der Waals surface area contributed by atoms with Gasteiger partial charge >= 0.3 is 5.91 Å². The van der Waals surface area contributed by atoms with Crippen molar-refractivity contribution in [2.24, 2.45) is 5.10 Å². The van der Waals surface area contributed by atoms with Crippen LogP contribution in [0, 0.1) is 3.57 Å². The van der Waals surface area contributed by atoms with Crippen molar-refractivity contribution in [2.45, 2.75) is 0 Å². The molecule has 116 valence electrons. The van der Waals surface area contributed by atoms with E-state index in [2.05, 4.69) is 49.0 Å². The number of rotatable bonds is 3. The van der Waals surface area contributed by atoms with Crippen LogP contribution in [0.15, 0.2) is 56.5 Å². The van der Waals surface area contributed by atoms with Gasteiger partial charge in [0.05, 0.1) is 9.78 Å². The number of carbonyl (C=O) groups excluding carboxylic acids is 1. The average Bonchev–Trinajstić information content (AvgIpc) is 2.93. The summed E-state index contributed by atoms with van der Waals surface area (Å²) in [6.07, 6.45) is 1.54. The normalized spacial score (nSPS) is 11.3. The van der Waals surface area contributed by atoms with Gasteiger partial charge in [0.1, 0.15) is 5.58 Å². The molecule has 0 atom stereocenters. The topological polar surface area (TPSA) is 54.6 Å². The lowest BCUT2D eigenvalue weighted by atomic mass is 10.2. The number of fused-ring (bicyclic) bond motifs is 1. The number of nitrogens with zero attached hydrogens (tertiary/aromatic N) is 1. The Kier molecular flexibility index (Phi) is 5.03. The molecule has 0 aliphatic heterocycles. The molecule has 1 aromatic heterocycles. The molecular weight excluding hydrogens is 494 g/mol. The molecule has 4 nitrogen and oxygen atoms in total. The monoisotopic (exact) mass is 502 g/mol. The number of benzene rings is 2. The zero-order valence-corrected chi connectivity index (χ0v) is 16.0. The molecule has 1 heterocycles. The second-order valence-corrected chi connectivity index (χ2v) is 7.18. The molecule has 0 radical (unpaired) electrons. The van der Waals surface area contributed by atoms with E-state index in [9.17, 15) is 4.79 Å². The van der Waals surface area contributed by atoms with Crippen LogP contribution in [-0.2, 0) is 0 Å². The zero-order chi connectivity index (χ0) is 16.4. The summed E-state index contributed by atoms with van der Waals surface area (Å²) in [6.45, 7) is 0. The molecule has 23 heavy (non-hydrogen) atoms. The molecule has 7 heteroatoms. The molecule has 0 unspecified atom stereocenters. The Morgan fingerprint density at radius 2 is 2.00 bits per heavy atom. The van der Waals surface area contributed by atoms with Gasteiger partial charge in [0.25, 0.3) is 0 Å². The molecule has 0 fully saturated rings. The summed E-state index contributed by atoms with van der Waals surface area (Å²) in [4.78, 5) is 12.1. The lowest BCUT2D eigenvalue weighted by Crippen LogP contribution is -2.16. The Bertz CT molecular complexity index is 906. The van der Waals surface area contributed by atoms with E-state index in [0.717, 1.165) is 19.0 Å². The van der Waals surface area contributed by atoms with Gasteiger partial charge in [-0.15, -0.1) is 0 Å². The molecule has 0 spiro atoms. The zero-order valence-electron chi connectivity index (χ0n) is 11.5. The van der Waals surface area contributed by atoms with Crippen LogP contribution in [0.2, 0.25) is 5.02 Å². The molecule has 0 aliphatic carbocycles. The van der Waals surface area contributed by atoms with Crippen molar-refractivity contribution < 1.29 is 9.21 Å². The predicted octanol–water partition coefficient (Wildman–Crippen LogP) is 5.22. The fourth-order valence-corrected chi connectivity index (χ4v) is 3.74. The Labute approximate surface area is 159 Å². The molecule has 0 saturated carbocycles. The Hall–Kier alpha value is -1.38. The number of amides is 1. The summed E-state index contributed by atoms with van der Waals surface area (Å²) in [5.41, 5.74) is 3.96. The highest BCUT2D eigenvalue weighted by Gasteiger charge is 2.14. The van der Waals surface area contributed by atoms with Crippen LogP contribution in [0.25, 0.3) is 11.0 Å². The molecule has 0 bridgehead atoms. The minimum absolute atomic E-state index is 0.212. The van der Waals surface area contributed by atoms with Gasteiger partial charge in [-0.25, -0.2) is 5.43 Å². The first-order chi connectivity index (χ1) is 11.0. The Balaban J connectivity index is 1.75. The van der Waals surface area contributed by atoms with E-state index < -0.39 is 5.91 Å². The second-order valence-electron chi connectivity index (χ2n) is 4.67. The standard InChI is InChI=1S/C16H9BrClIN2O2/c17-11-5-10-6-14(23-15(10)13(19)7-11)16(22)21-20-8-9-1-3-12(18)4-2-9/h1-8H,(H,21,22)/b20-8+. The first-order valence-corrected chi connectivity index (χ1v) is 8.75.